The number of hydrogen-bond donors (Lipinski definition) is 1. The minimum atomic E-state index is 0.723. The number of nitrogen functional groups attached to an aromatic ring is 1. The maximum absolute atomic E-state index is 5.56. The quantitative estimate of drug-likeness (QED) is 0.449. The molecule has 0 saturated carbocycles. The highest BCUT2D eigenvalue weighted by molar-refractivity contribution is 5.47. The minimum absolute atomic E-state index is 0.723. The summed E-state index contributed by atoms with van der Waals surface area (Å²) < 4.78 is 1.64. The van der Waals surface area contributed by atoms with E-state index in [2.05, 4.69) is 10.3 Å². The molecule has 1 aromatic carbocycles. The Kier molecular flexibility index (Phi) is 2.69. The van der Waals surface area contributed by atoms with Crippen LogP contribution >= 0.6 is 0 Å². The van der Waals surface area contributed by atoms with Crippen LogP contribution in [-0.2, 0) is 0 Å². The topological polar surface area (TPSA) is 54.6 Å². The maximum atomic E-state index is 5.56. The second kappa shape index (κ2) is 4.32. The molecule has 2 aromatic rings. The van der Waals surface area contributed by atoms with Crippen molar-refractivity contribution in [3.8, 4) is 0 Å². The van der Waals surface area contributed by atoms with Crippen LogP contribution < -0.4 is 10.4 Å². The Bertz CT molecular complexity index is 448. The van der Waals surface area contributed by atoms with Gasteiger partial charge in [0.25, 0.3) is 0 Å². The van der Waals surface area contributed by atoms with E-state index in [1.54, 1.807) is 16.8 Å². The third-order valence-corrected chi connectivity index (χ3v) is 1.86. The first-order chi connectivity index (χ1) is 7.34. The number of pyridine rings is 1. The van der Waals surface area contributed by atoms with Crippen LogP contribution in [-0.4, -0.2) is 0 Å². The van der Waals surface area contributed by atoms with Crippen LogP contribution in [0.1, 0.15) is 0 Å². The lowest BCUT2D eigenvalue weighted by Crippen LogP contribution is -2.24. The molecule has 1 heterocycles. The van der Waals surface area contributed by atoms with Crippen molar-refractivity contribution < 1.29 is 4.68 Å². The lowest BCUT2D eigenvalue weighted by Gasteiger charge is -1.88. The van der Waals surface area contributed by atoms with Gasteiger partial charge in [0.2, 0.25) is 5.69 Å². The molecule has 1 aromatic heterocycles. The third-order valence-electron chi connectivity index (χ3n) is 1.86. The second-order valence-corrected chi connectivity index (χ2v) is 3.04. The molecular formula is C11H11N4+. The molecule has 0 amide bonds. The van der Waals surface area contributed by atoms with E-state index in [-0.39, 0.29) is 0 Å². The molecule has 2 N–H and O–H groups in total. The SMILES string of the molecule is Nc1ccc(N=N[n+]2ccccc2)cc1. The Balaban J connectivity index is 2.15. The van der Waals surface area contributed by atoms with Gasteiger partial charge < -0.3 is 5.73 Å². The van der Waals surface area contributed by atoms with Crippen molar-refractivity contribution in [1.29, 1.82) is 0 Å². The molecule has 0 radical (unpaired) electrons. The highest BCUT2D eigenvalue weighted by atomic mass is 15.4. The van der Waals surface area contributed by atoms with Gasteiger partial charge in [-0.25, -0.2) is 0 Å². The van der Waals surface area contributed by atoms with Crippen LogP contribution in [0.4, 0.5) is 11.4 Å². The fourth-order valence-electron chi connectivity index (χ4n) is 1.09. The van der Waals surface area contributed by atoms with Gasteiger partial charge in [0.1, 0.15) is 17.6 Å². The molecule has 0 spiro atoms. The zero-order valence-electron chi connectivity index (χ0n) is 8.12. The first-order valence-electron chi connectivity index (χ1n) is 4.58. The van der Waals surface area contributed by atoms with Crippen molar-refractivity contribution in [3.05, 3.63) is 54.9 Å². The number of nitrogens with zero attached hydrogens (tertiary/aromatic N) is 3. The van der Waals surface area contributed by atoms with Crippen LogP contribution in [0.25, 0.3) is 0 Å². The van der Waals surface area contributed by atoms with E-state index < -0.39 is 0 Å². The van der Waals surface area contributed by atoms with E-state index in [4.69, 9.17) is 5.73 Å². The van der Waals surface area contributed by atoms with Gasteiger partial charge in [0.15, 0.2) is 0 Å². The fourth-order valence-corrected chi connectivity index (χ4v) is 1.09. The number of hydrogen-bond acceptors (Lipinski definition) is 3. The predicted octanol–water partition coefficient (Wildman–Crippen LogP) is 2.10. The molecular weight excluding hydrogens is 188 g/mol. The second-order valence-electron chi connectivity index (χ2n) is 3.04. The third kappa shape index (κ3) is 2.60. The molecule has 2 rings (SSSR count). The van der Waals surface area contributed by atoms with Crippen molar-refractivity contribution in [2.45, 2.75) is 0 Å². The molecule has 4 heteroatoms. The van der Waals surface area contributed by atoms with Gasteiger partial charge in [-0.05, 0) is 36.4 Å². The summed E-state index contributed by atoms with van der Waals surface area (Å²) in [6.45, 7) is 0. The van der Waals surface area contributed by atoms with Crippen LogP contribution in [0, 0.1) is 0 Å². The van der Waals surface area contributed by atoms with E-state index in [1.807, 2.05) is 42.7 Å². The molecule has 74 valence electrons. The zero-order valence-corrected chi connectivity index (χ0v) is 8.12. The van der Waals surface area contributed by atoms with E-state index in [9.17, 15) is 0 Å². The van der Waals surface area contributed by atoms with E-state index in [0.717, 1.165) is 11.4 Å². The first kappa shape index (κ1) is 9.33. The lowest BCUT2D eigenvalue weighted by molar-refractivity contribution is -0.685. The molecule has 0 aliphatic rings. The van der Waals surface area contributed by atoms with Crippen molar-refractivity contribution in [1.82, 2.24) is 0 Å². The summed E-state index contributed by atoms with van der Waals surface area (Å²) in [5, 5.41) is 8.06. The monoisotopic (exact) mass is 199 g/mol. The van der Waals surface area contributed by atoms with Gasteiger partial charge >= 0.3 is 0 Å². The van der Waals surface area contributed by atoms with Gasteiger partial charge in [-0.3, -0.25) is 0 Å². The van der Waals surface area contributed by atoms with Gasteiger partial charge in [-0.1, -0.05) is 6.07 Å². The number of nitrogens with two attached hydrogens (primary N) is 1. The highest BCUT2D eigenvalue weighted by Crippen LogP contribution is 2.13. The fraction of sp³-hybridized carbons (Fsp3) is 0. The standard InChI is InChI=1S/C11H11N4/c12-10-4-6-11(7-5-10)13-14-15-8-2-1-3-9-15/h1-9H,12H2/q+1. The van der Waals surface area contributed by atoms with Gasteiger partial charge in [-0.15, -0.1) is 4.68 Å². The summed E-state index contributed by atoms with van der Waals surface area (Å²) in [6.07, 6.45) is 3.64. The summed E-state index contributed by atoms with van der Waals surface area (Å²) in [4.78, 5) is 0. The molecule has 0 aliphatic carbocycles. The Morgan fingerprint density at radius 3 is 2.27 bits per heavy atom. The van der Waals surface area contributed by atoms with Crippen LogP contribution in [0.3, 0.4) is 0 Å². The van der Waals surface area contributed by atoms with Crippen molar-refractivity contribution in [2.24, 2.45) is 10.3 Å². The Morgan fingerprint density at radius 2 is 1.60 bits per heavy atom. The highest BCUT2D eigenvalue weighted by Gasteiger charge is 1.96. The molecule has 0 bridgehead atoms. The molecule has 0 fully saturated rings. The average Bonchev–Trinajstić information content (AvgIpc) is 2.30. The molecule has 0 atom stereocenters. The first-order valence-corrected chi connectivity index (χ1v) is 4.58. The average molecular weight is 199 g/mol. The summed E-state index contributed by atoms with van der Waals surface area (Å²) >= 11 is 0. The normalized spacial score (nSPS) is 10.7. The van der Waals surface area contributed by atoms with Gasteiger partial charge in [0.05, 0.1) is 5.11 Å². The summed E-state index contributed by atoms with van der Waals surface area (Å²) in [7, 11) is 0. The van der Waals surface area contributed by atoms with Gasteiger partial charge in [-0.2, -0.15) is 0 Å². The summed E-state index contributed by atoms with van der Waals surface area (Å²) in [5.74, 6) is 0. The molecule has 0 saturated heterocycles. The van der Waals surface area contributed by atoms with Crippen molar-refractivity contribution in [3.63, 3.8) is 0 Å². The lowest BCUT2D eigenvalue weighted by atomic mass is 10.3. The molecule has 4 nitrogen and oxygen atoms in total. The number of aromatic nitrogens is 1. The van der Waals surface area contributed by atoms with Gasteiger partial charge in [0, 0.05) is 5.69 Å². The van der Waals surface area contributed by atoms with Crippen LogP contribution in [0.5, 0.6) is 0 Å². The molecule has 0 aliphatic heterocycles. The van der Waals surface area contributed by atoms with Crippen LogP contribution in [0.2, 0.25) is 0 Å². The number of rotatable bonds is 2. The van der Waals surface area contributed by atoms with E-state index in [1.165, 1.54) is 0 Å². The van der Waals surface area contributed by atoms with E-state index >= 15 is 0 Å². The Hall–Kier alpha value is -2.23. The smallest absolute Gasteiger partial charge is 0.203 e. The largest absolute Gasteiger partial charge is 0.399 e. The zero-order chi connectivity index (χ0) is 10.5. The maximum Gasteiger partial charge on any atom is 0.203 e. The summed E-state index contributed by atoms with van der Waals surface area (Å²) in [6, 6.07) is 12.9. The molecule has 0 unspecified atom stereocenters. The number of benzene rings is 1. The van der Waals surface area contributed by atoms with Crippen LogP contribution in [0.15, 0.2) is 65.2 Å². The summed E-state index contributed by atoms with van der Waals surface area (Å²) in [5.41, 5.74) is 7.06. The van der Waals surface area contributed by atoms with Crippen molar-refractivity contribution >= 4 is 11.4 Å². The Morgan fingerprint density at radius 1 is 0.933 bits per heavy atom. The number of anilines is 1. The predicted molar refractivity (Wildman–Crippen MR) is 57.4 cm³/mol. The van der Waals surface area contributed by atoms with Crippen molar-refractivity contribution in [2.75, 3.05) is 5.73 Å². The minimum Gasteiger partial charge on any atom is -0.399 e. The van der Waals surface area contributed by atoms with E-state index in [0.29, 0.717) is 0 Å². The Labute approximate surface area is 87.7 Å². The molecule has 15 heavy (non-hydrogen) atoms.